The third-order valence-electron chi connectivity index (χ3n) is 5.58. The second-order valence-electron chi connectivity index (χ2n) is 7.73. The zero-order valence-electron chi connectivity index (χ0n) is 17.4. The number of rotatable bonds is 7. The Morgan fingerprint density at radius 2 is 2.10 bits per heavy atom. The zero-order valence-corrected chi connectivity index (χ0v) is 19.8. The van der Waals surface area contributed by atoms with E-state index in [-0.39, 0.29) is 5.56 Å². The van der Waals surface area contributed by atoms with Gasteiger partial charge >= 0.3 is 0 Å². The van der Waals surface area contributed by atoms with Crippen LogP contribution in [0, 0.1) is 0 Å². The first-order valence-corrected chi connectivity index (χ1v) is 13.4. The Morgan fingerprint density at radius 1 is 1.23 bits per heavy atom. The summed E-state index contributed by atoms with van der Waals surface area (Å²) >= 11 is 4.86. The molecule has 0 N–H and O–H groups in total. The molecule has 31 heavy (non-hydrogen) atoms. The van der Waals surface area contributed by atoms with E-state index in [0.29, 0.717) is 16.8 Å². The number of thiophene rings is 1. The molecular formula is C21H24N6OS3. The van der Waals surface area contributed by atoms with Crippen molar-refractivity contribution >= 4 is 39.4 Å². The van der Waals surface area contributed by atoms with Gasteiger partial charge in [0.2, 0.25) is 4.96 Å². The lowest BCUT2D eigenvalue weighted by Gasteiger charge is -2.25. The molecule has 0 amide bonds. The molecule has 0 spiro atoms. The fourth-order valence-electron chi connectivity index (χ4n) is 4.05. The van der Waals surface area contributed by atoms with Crippen LogP contribution >= 0.6 is 34.4 Å². The first kappa shape index (κ1) is 20.8. The van der Waals surface area contributed by atoms with Gasteiger partial charge in [-0.1, -0.05) is 55.4 Å². The molecule has 4 heterocycles. The molecule has 0 bridgehead atoms. The first-order chi connectivity index (χ1) is 15.2. The fraction of sp³-hybridized carbons (Fsp3) is 0.476. The summed E-state index contributed by atoms with van der Waals surface area (Å²) in [4.78, 5) is 19.1. The lowest BCUT2D eigenvalue weighted by molar-refractivity contribution is 0.330. The van der Waals surface area contributed by atoms with Crippen molar-refractivity contribution in [3.8, 4) is 0 Å². The van der Waals surface area contributed by atoms with E-state index >= 15 is 0 Å². The molecule has 0 unspecified atom stereocenters. The lowest BCUT2D eigenvalue weighted by Crippen LogP contribution is -2.17. The van der Waals surface area contributed by atoms with Crippen LogP contribution in [0.4, 0.5) is 0 Å². The number of thioether (sulfide) groups is 1. The highest BCUT2D eigenvalue weighted by Gasteiger charge is 2.23. The molecule has 1 fully saturated rings. The van der Waals surface area contributed by atoms with Crippen molar-refractivity contribution in [1.29, 1.82) is 0 Å². The molecule has 162 valence electrons. The van der Waals surface area contributed by atoms with E-state index in [1.807, 2.05) is 6.92 Å². The van der Waals surface area contributed by atoms with Crippen molar-refractivity contribution < 1.29 is 0 Å². The minimum atomic E-state index is -0.122. The molecule has 0 aliphatic heterocycles. The van der Waals surface area contributed by atoms with E-state index in [1.165, 1.54) is 52.8 Å². The predicted octanol–water partition coefficient (Wildman–Crippen LogP) is 4.75. The molecule has 1 aliphatic carbocycles. The van der Waals surface area contributed by atoms with Gasteiger partial charge in [-0.3, -0.25) is 4.79 Å². The van der Waals surface area contributed by atoms with Crippen LogP contribution in [0.15, 0.2) is 33.5 Å². The van der Waals surface area contributed by atoms with Gasteiger partial charge in [0.1, 0.15) is 10.8 Å². The van der Waals surface area contributed by atoms with E-state index in [2.05, 4.69) is 42.4 Å². The average Bonchev–Trinajstić information content (AvgIpc) is 3.53. The minimum Gasteiger partial charge on any atom is -0.303 e. The van der Waals surface area contributed by atoms with E-state index in [4.69, 9.17) is 0 Å². The number of hydrogen-bond acceptors (Lipinski definition) is 8. The Morgan fingerprint density at radius 3 is 2.87 bits per heavy atom. The first-order valence-electron chi connectivity index (χ1n) is 10.7. The summed E-state index contributed by atoms with van der Waals surface area (Å²) in [5.41, 5.74) is 0.642. The third-order valence-corrected chi connectivity index (χ3v) is 8.48. The van der Waals surface area contributed by atoms with E-state index in [1.54, 1.807) is 29.2 Å². The number of aryl methyl sites for hydroxylation is 1. The highest BCUT2D eigenvalue weighted by atomic mass is 32.2. The number of hydrogen-bond donors (Lipinski definition) is 0. The summed E-state index contributed by atoms with van der Waals surface area (Å²) in [5.74, 6) is 1.63. The van der Waals surface area contributed by atoms with Gasteiger partial charge in [0.05, 0.1) is 5.69 Å². The Labute approximate surface area is 192 Å². The van der Waals surface area contributed by atoms with Gasteiger partial charge in [-0.05, 0) is 30.7 Å². The predicted molar refractivity (Wildman–Crippen MR) is 125 cm³/mol. The topological polar surface area (TPSA) is 78.0 Å². The zero-order chi connectivity index (χ0) is 21.2. The van der Waals surface area contributed by atoms with Crippen molar-refractivity contribution in [2.75, 3.05) is 0 Å². The maximum Gasteiger partial charge on any atom is 0.275 e. The standard InChI is InChI=1S/C21H24N6OS3/c1-2-18-25-27-19(28)11-14(22-20(27)31-18)13-30-21-24-23-17(12-16-9-6-10-29-16)26(21)15-7-4-3-5-8-15/h6,9-11,15H,2-5,7-8,12-13H2,1H3. The van der Waals surface area contributed by atoms with Crippen LogP contribution in [0.25, 0.3) is 4.96 Å². The largest absolute Gasteiger partial charge is 0.303 e. The fourth-order valence-corrected chi connectivity index (χ4v) is 6.53. The normalized spacial score (nSPS) is 15.1. The lowest BCUT2D eigenvalue weighted by atomic mass is 9.95. The molecular weight excluding hydrogens is 448 g/mol. The molecule has 0 saturated heterocycles. The van der Waals surface area contributed by atoms with Crippen molar-refractivity contribution in [3.05, 3.63) is 55.3 Å². The maximum atomic E-state index is 12.5. The molecule has 0 radical (unpaired) electrons. The van der Waals surface area contributed by atoms with Gasteiger partial charge in [-0.2, -0.15) is 9.61 Å². The monoisotopic (exact) mass is 472 g/mol. The Kier molecular flexibility index (Phi) is 6.20. The van der Waals surface area contributed by atoms with Gasteiger partial charge in [0.15, 0.2) is 5.16 Å². The Hall–Kier alpha value is -2.04. The number of nitrogens with zero attached hydrogens (tertiary/aromatic N) is 6. The van der Waals surface area contributed by atoms with Crippen molar-refractivity contribution in [3.63, 3.8) is 0 Å². The SMILES string of the molecule is CCc1nn2c(=O)cc(CSc3nnc(Cc4cccs4)n3C3CCCCC3)nc2s1. The van der Waals surface area contributed by atoms with Crippen LogP contribution < -0.4 is 5.56 Å². The minimum absolute atomic E-state index is 0.122. The van der Waals surface area contributed by atoms with Crippen LogP contribution in [0.2, 0.25) is 0 Å². The third kappa shape index (κ3) is 4.47. The van der Waals surface area contributed by atoms with Gasteiger partial charge < -0.3 is 4.57 Å². The van der Waals surface area contributed by atoms with Crippen molar-refractivity contribution in [2.24, 2.45) is 0 Å². The molecule has 4 aromatic heterocycles. The highest BCUT2D eigenvalue weighted by molar-refractivity contribution is 7.98. The van der Waals surface area contributed by atoms with Crippen LogP contribution in [-0.4, -0.2) is 29.4 Å². The highest BCUT2D eigenvalue weighted by Crippen LogP contribution is 2.34. The second kappa shape index (κ2) is 9.22. The van der Waals surface area contributed by atoms with E-state index < -0.39 is 0 Å². The van der Waals surface area contributed by atoms with Gasteiger partial charge in [0.25, 0.3) is 5.56 Å². The molecule has 4 aromatic rings. The van der Waals surface area contributed by atoms with Gasteiger partial charge in [-0.15, -0.1) is 21.5 Å². The van der Waals surface area contributed by atoms with Crippen molar-refractivity contribution in [2.45, 2.75) is 68.8 Å². The second-order valence-corrected chi connectivity index (χ2v) is 10.8. The Bertz CT molecular complexity index is 1220. The molecule has 1 saturated carbocycles. The summed E-state index contributed by atoms with van der Waals surface area (Å²) in [6, 6.07) is 6.29. The quantitative estimate of drug-likeness (QED) is 0.361. The van der Waals surface area contributed by atoms with Gasteiger partial charge in [-0.25, -0.2) is 4.98 Å². The summed E-state index contributed by atoms with van der Waals surface area (Å²) in [7, 11) is 0. The summed E-state index contributed by atoms with van der Waals surface area (Å²) < 4.78 is 3.76. The average molecular weight is 473 g/mol. The number of fused-ring (bicyclic) bond motifs is 1. The van der Waals surface area contributed by atoms with Crippen LogP contribution in [-0.2, 0) is 18.6 Å². The molecule has 0 atom stereocenters. The van der Waals surface area contributed by atoms with Crippen LogP contribution in [0.5, 0.6) is 0 Å². The molecule has 5 rings (SSSR count). The Balaban J connectivity index is 1.41. The summed E-state index contributed by atoms with van der Waals surface area (Å²) in [6.45, 7) is 2.03. The van der Waals surface area contributed by atoms with Crippen molar-refractivity contribution in [1.82, 2.24) is 29.4 Å². The van der Waals surface area contributed by atoms with E-state index in [9.17, 15) is 4.79 Å². The van der Waals surface area contributed by atoms with Crippen LogP contribution in [0.3, 0.4) is 0 Å². The molecule has 7 nitrogen and oxygen atoms in total. The molecule has 1 aliphatic rings. The molecule has 0 aromatic carbocycles. The van der Waals surface area contributed by atoms with Crippen LogP contribution in [0.1, 0.15) is 66.5 Å². The van der Waals surface area contributed by atoms with Gasteiger partial charge in [0, 0.05) is 29.2 Å². The number of aromatic nitrogens is 6. The summed E-state index contributed by atoms with van der Waals surface area (Å²) in [6.07, 6.45) is 7.79. The summed E-state index contributed by atoms with van der Waals surface area (Å²) in [5, 5.41) is 17.4. The maximum absolute atomic E-state index is 12.5. The van der Waals surface area contributed by atoms with E-state index in [0.717, 1.165) is 34.5 Å². The molecule has 10 heteroatoms. The smallest absolute Gasteiger partial charge is 0.275 e.